The smallest absolute Gasteiger partial charge is 0.166 e. The molecule has 0 aliphatic rings. The summed E-state index contributed by atoms with van der Waals surface area (Å²) in [6.07, 6.45) is -4.37. The Morgan fingerprint density at radius 3 is 2.31 bits per heavy atom. The number of hydrogen-bond donors (Lipinski definition) is 0. The molecule has 0 atom stereocenters. The van der Waals surface area contributed by atoms with Gasteiger partial charge in [0.2, 0.25) is 0 Å². The van der Waals surface area contributed by atoms with Crippen LogP contribution in [-0.2, 0) is 6.18 Å². The molecule has 0 aromatic heterocycles. The average molecular weight is 320 g/mol. The van der Waals surface area contributed by atoms with Crippen LogP contribution in [0.4, 0.5) is 13.2 Å². The van der Waals surface area contributed by atoms with Crippen LogP contribution in [-0.4, -0.2) is 0 Å². The molecule has 0 aliphatic carbocycles. The third kappa shape index (κ3) is 2.49. The fourth-order valence-electron chi connectivity index (χ4n) is 0.874. The van der Waals surface area contributed by atoms with Gasteiger partial charge in [-0.15, -0.1) is 0 Å². The van der Waals surface area contributed by atoms with Gasteiger partial charge in [-0.25, -0.2) is 0 Å². The van der Waals surface area contributed by atoms with E-state index >= 15 is 0 Å². The van der Waals surface area contributed by atoms with Gasteiger partial charge in [0.1, 0.15) is 0 Å². The third-order valence-corrected chi connectivity index (χ3v) is 3.03. The molecule has 1 rings (SSSR count). The molecule has 0 spiro atoms. The first kappa shape index (κ1) is 11.1. The van der Waals surface area contributed by atoms with E-state index in [1.54, 1.807) is 6.92 Å². The van der Waals surface area contributed by atoms with Crippen molar-refractivity contribution in [3.05, 3.63) is 31.9 Å². The molecule has 72 valence electrons. The normalized spacial score (nSPS) is 11.8. The van der Waals surface area contributed by atoms with Crippen molar-refractivity contribution in [3.8, 4) is 0 Å². The molecule has 0 unspecified atom stereocenters. The Labute approximate surface area is 92.2 Å². The van der Waals surface area contributed by atoms with Crippen molar-refractivity contribution in [3.63, 3.8) is 0 Å². The molecule has 5 heteroatoms. The second-order valence-corrected chi connectivity index (χ2v) is 4.15. The maximum absolute atomic E-state index is 12.3. The maximum Gasteiger partial charge on any atom is 0.417 e. The van der Waals surface area contributed by atoms with E-state index in [1.165, 1.54) is 6.07 Å². The fraction of sp³-hybridized carbons (Fsp3) is 0.250. The monoisotopic (exact) mass is 320 g/mol. The zero-order valence-corrected chi connectivity index (χ0v) is 9.46. The van der Waals surface area contributed by atoms with Crippen molar-refractivity contribution in [1.29, 1.82) is 0 Å². The molecular formula is C8H5ClF3I. The van der Waals surface area contributed by atoms with Crippen molar-refractivity contribution in [2.24, 2.45) is 0 Å². The van der Waals surface area contributed by atoms with Crippen LogP contribution in [0.2, 0.25) is 5.02 Å². The zero-order valence-electron chi connectivity index (χ0n) is 6.54. The van der Waals surface area contributed by atoms with E-state index in [-0.39, 0.29) is 5.02 Å². The molecule has 0 radical (unpaired) electrons. The van der Waals surface area contributed by atoms with Gasteiger partial charge in [-0.1, -0.05) is 11.6 Å². The van der Waals surface area contributed by atoms with Gasteiger partial charge in [0.05, 0.1) is 10.6 Å². The summed E-state index contributed by atoms with van der Waals surface area (Å²) in [7, 11) is 0. The van der Waals surface area contributed by atoms with Crippen LogP contribution in [0.15, 0.2) is 12.1 Å². The van der Waals surface area contributed by atoms with E-state index in [0.29, 0.717) is 5.56 Å². The minimum Gasteiger partial charge on any atom is -0.166 e. The van der Waals surface area contributed by atoms with E-state index in [4.69, 9.17) is 11.6 Å². The van der Waals surface area contributed by atoms with Gasteiger partial charge in [0.25, 0.3) is 0 Å². The predicted molar refractivity (Wildman–Crippen MR) is 53.9 cm³/mol. The largest absolute Gasteiger partial charge is 0.417 e. The molecule has 0 nitrogen and oxygen atoms in total. The summed E-state index contributed by atoms with van der Waals surface area (Å²) >= 11 is 7.40. The number of halogens is 5. The Morgan fingerprint density at radius 1 is 1.31 bits per heavy atom. The van der Waals surface area contributed by atoms with Crippen LogP contribution < -0.4 is 0 Å². The summed E-state index contributed by atoms with van der Waals surface area (Å²) in [5.41, 5.74) is -0.190. The molecular weight excluding hydrogens is 315 g/mol. The summed E-state index contributed by atoms with van der Waals surface area (Å²) in [5.74, 6) is 0. The molecule has 1 aromatic rings. The summed E-state index contributed by atoms with van der Waals surface area (Å²) in [6, 6.07) is 2.38. The molecule has 0 aliphatic heterocycles. The summed E-state index contributed by atoms with van der Waals surface area (Å²) < 4.78 is 37.6. The van der Waals surface area contributed by atoms with Gasteiger partial charge < -0.3 is 0 Å². The Morgan fingerprint density at radius 2 is 1.85 bits per heavy atom. The van der Waals surface area contributed by atoms with Gasteiger partial charge in [-0.3, -0.25) is 0 Å². The van der Waals surface area contributed by atoms with Gasteiger partial charge in [0.15, 0.2) is 0 Å². The summed E-state index contributed by atoms with van der Waals surface area (Å²) in [4.78, 5) is 0. The van der Waals surface area contributed by atoms with Gasteiger partial charge in [0, 0.05) is 3.57 Å². The summed E-state index contributed by atoms with van der Waals surface area (Å²) in [6.45, 7) is 1.62. The van der Waals surface area contributed by atoms with E-state index in [1.807, 2.05) is 22.6 Å². The predicted octanol–water partition coefficient (Wildman–Crippen LogP) is 4.27. The van der Waals surface area contributed by atoms with Crippen LogP contribution >= 0.6 is 34.2 Å². The molecule has 0 saturated carbocycles. The first-order valence-electron chi connectivity index (χ1n) is 3.35. The number of rotatable bonds is 0. The van der Waals surface area contributed by atoms with Crippen molar-refractivity contribution in [2.45, 2.75) is 13.1 Å². The van der Waals surface area contributed by atoms with Crippen LogP contribution in [0, 0.1) is 10.5 Å². The van der Waals surface area contributed by atoms with Crippen LogP contribution in [0.25, 0.3) is 0 Å². The average Bonchev–Trinajstić information content (AvgIpc) is 1.94. The Kier molecular flexibility index (Phi) is 3.12. The van der Waals surface area contributed by atoms with Crippen LogP contribution in [0.5, 0.6) is 0 Å². The van der Waals surface area contributed by atoms with E-state index in [2.05, 4.69) is 0 Å². The highest BCUT2D eigenvalue weighted by atomic mass is 127. The molecule has 1 aromatic carbocycles. The standard InChI is InChI=1S/C8H5ClF3I/c1-4-2-5(8(10,11)12)6(9)3-7(4)13/h2-3H,1H3. The first-order valence-corrected chi connectivity index (χ1v) is 4.81. The summed E-state index contributed by atoms with van der Waals surface area (Å²) in [5, 5.41) is -0.248. The van der Waals surface area contributed by atoms with Crippen LogP contribution in [0.3, 0.4) is 0 Å². The highest BCUT2D eigenvalue weighted by molar-refractivity contribution is 14.1. The molecule has 0 N–H and O–H groups in total. The number of hydrogen-bond acceptors (Lipinski definition) is 0. The Hall–Kier alpha value is 0.0300. The van der Waals surface area contributed by atoms with Crippen molar-refractivity contribution < 1.29 is 13.2 Å². The molecule has 0 fully saturated rings. The minimum atomic E-state index is -4.37. The molecule has 0 bridgehead atoms. The second kappa shape index (κ2) is 3.65. The Balaban J connectivity index is 3.32. The van der Waals surface area contributed by atoms with E-state index in [9.17, 15) is 13.2 Å². The van der Waals surface area contributed by atoms with E-state index in [0.717, 1.165) is 9.64 Å². The van der Waals surface area contributed by atoms with Gasteiger partial charge in [-0.2, -0.15) is 13.2 Å². The first-order chi connectivity index (χ1) is 5.82. The number of alkyl halides is 3. The lowest BCUT2D eigenvalue weighted by Crippen LogP contribution is -2.06. The molecule has 13 heavy (non-hydrogen) atoms. The topological polar surface area (TPSA) is 0 Å². The Bertz CT molecular complexity index is 333. The maximum atomic E-state index is 12.3. The highest BCUT2D eigenvalue weighted by Crippen LogP contribution is 2.36. The number of aryl methyl sites for hydroxylation is 1. The third-order valence-electron chi connectivity index (χ3n) is 1.55. The molecule has 0 heterocycles. The lowest BCUT2D eigenvalue weighted by molar-refractivity contribution is -0.137. The SMILES string of the molecule is Cc1cc(C(F)(F)F)c(Cl)cc1I. The lowest BCUT2D eigenvalue weighted by Gasteiger charge is -2.10. The highest BCUT2D eigenvalue weighted by Gasteiger charge is 2.33. The van der Waals surface area contributed by atoms with Gasteiger partial charge in [-0.05, 0) is 47.2 Å². The van der Waals surface area contributed by atoms with Crippen LogP contribution in [0.1, 0.15) is 11.1 Å². The minimum absolute atomic E-state index is 0.248. The molecule has 0 saturated heterocycles. The van der Waals surface area contributed by atoms with Crippen molar-refractivity contribution >= 4 is 34.2 Å². The van der Waals surface area contributed by atoms with Gasteiger partial charge >= 0.3 is 6.18 Å². The zero-order chi connectivity index (χ0) is 10.2. The van der Waals surface area contributed by atoms with Crippen molar-refractivity contribution in [1.82, 2.24) is 0 Å². The quantitative estimate of drug-likeness (QED) is 0.626. The molecule has 0 amide bonds. The van der Waals surface area contributed by atoms with Crippen molar-refractivity contribution in [2.75, 3.05) is 0 Å². The van der Waals surface area contributed by atoms with E-state index < -0.39 is 11.7 Å². The lowest BCUT2D eigenvalue weighted by atomic mass is 10.1. The second-order valence-electron chi connectivity index (χ2n) is 2.58. The fourth-order valence-corrected chi connectivity index (χ4v) is 1.80. The number of benzene rings is 1.